The van der Waals surface area contributed by atoms with Gasteiger partial charge in [-0.3, -0.25) is 0 Å². The van der Waals surface area contributed by atoms with E-state index < -0.39 is 0 Å². The molecule has 31 heavy (non-hydrogen) atoms. The first-order chi connectivity index (χ1) is 15.1. The molecule has 2 aromatic heterocycles. The lowest BCUT2D eigenvalue weighted by Crippen LogP contribution is -2.36. The van der Waals surface area contributed by atoms with Crippen LogP contribution in [0.1, 0.15) is 38.5 Å². The second kappa shape index (κ2) is 8.77. The third kappa shape index (κ3) is 4.29. The Labute approximate surface area is 191 Å². The van der Waals surface area contributed by atoms with Gasteiger partial charge in [-0.25, -0.2) is 4.98 Å². The molecule has 2 fully saturated rings. The zero-order chi connectivity index (χ0) is 21.4. The number of pyridine rings is 1. The molecule has 0 amide bonds. The maximum absolute atomic E-state index is 9.73. The Bertz CT molecular complexity index is 1080. The van der Waals surface area contributed by atoms with E-state index in [0.717, 1.165) is 72.4 Å². The molecule has 1 aliphatic carbocycles. The largest absolute Gasteiger partial charge is 0.393 e. The van der Waals surface area contributed by atoms with Gasteiger partial charge in [0.05, 0.1) is 16.1 Å². The molecule has 0 spiro atoms. The average molecular weight is 458 g/mol. The number of benzene rings is 1. The molecule has 0 radical (unpaired) electrons. The van der Waals surface area contributed by atoms with Gasteiger partial charge >= 0.3 is 0 Å². The van der Waals surface area contributed by atoms with E-state index >= 15 is 0 Å². The Kier molecular flexibility index (Phi) is 5.87. The molecular formula is C23H25Cl2N5O. The number of nitrogens with zero attached hydrogens (tertiary/aromatic N) is 4. The number of aliphatic hydroxyl groups is 1. The molecule has 1 aromatic carbocycles. The van der Waals surface area contributed by atoms with Crippen LogP contribution in [-0.2, 0) is 0 Å². The van der Waals surface area contributed by atoms with Crippen LogP contribution in [-0.4, -0.2) is 45.5 Å². The molecule has 2 aliphatic rings. The van der Waals surface area contributed by atoms with Gasteiger partial charge in [-0.05, 0) is 49.9 Å². The lowest BCUT2D eigenvalue weighted by Gasteiger charge is -2.30. The Morgan fingerprint density at radius 3 is 2.32 bits per heavy atom. The highest BCUT2D eigenvalue weighted by molar-refractivity contribution is 6.43. The van der Waals surface area contributed by atoms with Crippen molar-refractivity contribution in [2.75, 3.05) is 23.3 Å². The van der Waals surface area contributed by atoms with Crippen LogP contribution in [0.4, 0.5) is 11.6 Å². The normalized spacial score (nSPS) is 18.1. The van der Waals surface area contributed by atoms with E-state index in [2.05, 4.69) is 25.4 Å². The van der Waals surface area contributed by atoms with E-state index in [1.54, 1.807) is 0 Å². The van der Waals surface area contributed by atoms with E-state index in [0.29, 0.717) is 16.1 Å². The first-order valence-electron chi connectivity index (χ1n) is 10.9. The van der Waals surface area contributed by atoms with Crippen molar-refractivity contribution >= 4 is 45.6 Å². The van der Waals surface area contributed by atoms with Gasteiger partial charge in [-0.2, -0.15) is 0 Å². The van der Waals surface area contributed by atoms with Gasteiger partial charge in [0, 0.05) is 41.7 Å². The van der Waals surface area contributed by atoms with Gasteiger partial charge in [0.2, 0.25) is 0 Å². The molecule has 0 unspecified atom stereocenters. The highest BCUT2D eigenvalue weighted by Gasteiger charge is 2.21. The zero-order valence-electron chi connectivity index (χ0n) is 17.2. The molecule has 1 saturated heterocycles. The standard InChI is InChI=1S/C23H25Cl2N5O/c24-19-11-17-18(12-20(19)25)23(27-15-3-1-2-4-15)29-28-22(17)14-5-6-21(26-13-14)30-9-7-16(31)8-10-30/h5-6,11-13,15-16,31H,1-4,7-10H2,(H,27,29). The topological polar surface area (TPSA) is 74.2 Å². The first kappa shape index (κ1) is 20.7. The van der Waals surface area contributed by atoms with Crippen LogP contribution in [0, 0.1) is 0 Å². The SMILES string of the molecule is OC1CCN(c2ccc(-c3nnc(NC4CCCC4)c4cc(Cl)c(Cl)cc34)cn2)CC1. The summed E-state index contributed by atoms with van der Waals surface area (Å²) in [5, 5.41) is 25.1. The summed E-state index contributed by atoms with van der Waals surface area (Å²) in [5.41, 5.74) is 1.61. The van der Waals surface area contributed by atoms with Crippen LogP contribution in [0.2, 0.25) is 10.0 Å². The van der Waals surface area contributed by atoms with Crippen LogP contribution < -0.4 is 10.2 Å². The van der Waals surface area contributed by atoms with E-state index in [1.807, 2.05) is 30.5 Å². The smallest absolute Gasteiger partial charge is 0.156 e. The number of hydrogen-bond donors (Lipinski definition) is 2. The predicted molar refractivity (Wildman–Crippen MR) is 126 cm³/mol. The first-order valence-corrected chi connectivity index (χ1v) is 11.7. The number of aromatic nitrogens is 3. The van der Waals surface area contributed by atoms with Crippen LogP contribution in [0.15, 0.2) is 30.5 Å². The quantitative estimate of drug-likeness (QED) is 0.552. The van der Waals surface area contributed by atoms with Crippen molar-refractivity contribution in [1.82, 2.24) is 15.2 Å². The number of anilines is 2. The highest BCUT2D eigenvalue weighted by atomic mass is 35.5. The summed E-state index contributed by atoms with van der Waals surface area (Å²) in [6, 6.07) is 8.17. The van der Waals surface area contributed by atoms with Crippen LogP contribution in [0.25, 0.3) is 22.0 Å². The molecule has 0 atom stereocenters. The molecule has 5 rings (SSSR count). The predicted octanol–water partition coefficient (Wildman–Crippen LogP) is 5.31. The maximum atomic E-state index is 9.73. The third-order valence-electron chi connectivity index (χ3n) is 6.33. The molecule has 2 N–H and O–H groups in total. The second-order valence-corrected chi connectivity index (χ2v) is 9.27. The Morgan fingerprint density at radius 2 is 1.65 bits per heavy atom. The summed E-state index contributed by atoms with van der Waals surface area (Å²) in [5.74, 6) is 1.66. The van der Waals surface area contributed by atoms with Crippen LogP contribution in [0.3, 0.4) is 0 Å². The molecule has 1 saturated carbocycles. The molecule has 3 heterocycles. The number of halogens is 2. The van der Waals surface area contributed by atoms with Gasteiger partial charge < -0.3 is 15.3 Å². The molecular weight excluding hydrogens is 433 g/mol. The van der Waals surface area contributed by atoms with Gasteiger partial charge in [0.1, 0.15) is 11.5 Å². The Hall–Kier alpha value is -2.15. The lowest BCUT2D eigenvalue weighted by molar-refractivity contribution is 0.145. The molecule has 8 heteroatoms. The summed E-state index contributed by atoms with van der Waals surface area (Å²) in [6.45, 7) is 1.62. The fraction of sp³-hybridized carbons (Fsp3) is 0.435. The summed E-state index contributed by atoms with van der Waals surface area (Å²) in [7, 11) is 0. The van der Waals surface area contributed by atoms with Crippen molar-refractivity contribution in [3.63, 3.8) is 0 Å². The van der Waals surface area contributed by atoms with Crippen molar-refractivity contribution in [2.45, 2.75) is 50.7 Å². The van der Waals surface area contributed by atoms with E-state index in [4.69, 9.17) is 23.2 Å². The lowest BCUT2D eigenvalue weighted by atomic mass is 10.0. The van der Waals surface area contributed by atoms with E-state index in [-0.39, 0.29) is 6.10 Å². The molecule has 3 aromatic rings. The van der Waals surface area contributed by atoms with Gasteiger partial charge in [0.25, 0.3) is 0 Å². The monoisotopic (exact) mass is 457 g/mol. The average Bonchev–Trinajstić information content (AvgIpc) is 3.29. The zero-order valence-corrected chi connectivity index (χ0v) is 18.7. The fourth-order valence-corrected chi connectivity index (χ4v) is 4.87. The maximum Gasteiger partial charge on any atom is 0.156 e. The van der Waals surface area contributed by atoms with Crippen molar-refractivity contribution in [2.24, 2.45) is 0 Å². The van der Waals surface area contributed by atoms with Gasteiger partial charge in [0.15, 0.2) is 5.82 Å². The number of piperidine rings is 1. The summed E-state index contributed by atoms with van der Waals surface area (Å²) >= 11 is 12.7. The highest BCUT2D eigenvalue weighted by Crippen LogP contribution is 2.36. The Morgan fingerprint density at radius 1 is 0.935 bits per heavy atom. The van der Waals surface area contributed by atoms with Gasteiger partial charge in [-0.15, -0.1) is 10.2 Å². The third-order valence-corrected chi connectivity index (χ3v) is 7.05. The molecule has 162 valence electrons. The summed E-state index contributed by atoms with van der Waals surface area (Å²) in [4.78, 5) is 6.86. The number of fused-ring (bicyclic) bond motifs is 1. The fourth-order valence-electron chi connectivity index (χ4n) is 4.54. The van der Waals surface area contributed by atoms with Crippen molar-refractivity contribution < 1.29 is 5.11 Å². The molecule has 1 aliphatic heterocycles. The minimum absolute atomic E-state index is 0.204. The van der Waals surface area contributed by atoms with Crippen molar-refractivity contribution in [3.05, 3.63) is 40.5 Å². The summed E-state index contributed by atoms with van der Waals surface area (Å²) < 4.78 is 0. The summed E-state index contributed by atoms with van der Waals surface area (Å²) in [6.07, 6.45) is 7.93. The minimum Gasteiger partial charge on any atom is -0.393 e. The number of rotatable bonds is 4. The van der Waals surface area contributed by atoms with Crippen molar-refractivity contribution in [3.8, 4) is 11.3 Å². The molecule has 0 bridgehead atoms. The minimum atomic E-state index is -0.204. The van der Waals surface area contributed by atoms with Crippen LogP contribution >= 0.6 is 23.2 Å². The van der Waals surface area contributed by atoms with Crippen molar-refractivity contribution in [1.29, 1.82) is 0 Å². The van der Waals surface area contributed by atoms with Crippen LogP contribution in [0.5, 0.6) is 0 Å². The van der Waals surface area contributed by atoms with E-state index in [9.17, 15) is 5.11 Å². The Balaban J connectivity index is 1.50. The van der Waals surface area contributed by atoms with Gasteiger partial charge in [-0.1, -0.05) is 36.0 Å². The molecule has 6 nitrogen and oxygen atoms in total. The number of nitrogens with one attached hydrogen (secondary N) is 1. The second-order valence-electron chi connectivity index (χ2n) is 8.46. The van der Waals surface area contributed by atoms with E-state index in [1.165, 1.54) is 12.8 Å². The number of aliphatic hydroxyl groups excluding tert-OH is 1. The number of hydrogen-bond acceptors (Lipinski definition) is 6.